The first-order chi connectivity index (χ1) is 13.2. The number of rotatable bonds is 7. The summed E-state index contributed by atoms with van der Waals surface area (Å²) in [6.45, 7) is 5.39. The molecule has 1 aromatic heterocycles. The number of ether oxygens (including phenoxy) is 2. The van der Waals surface area contributed by atoms with E-state index in [0.29, 0.717) is 47.9 Å². The van der Waals surface area contributed by atoms with Crippen LogP contribution in [0.25, 0.3) is 0 Å². The van der Waals surface area contributed by atoms with Crippen LogP contribution in [-0.2, 0) is 11.3 Å². The van der Waals surface area contributed by atoms with Gasteiger partial charge in [-0.2, -0.15) is 0 Å². The Bertz CT molecular complexity index is 882. The van der Waals surface area contributed by atoms with Crippen LogP contribution in [0, 0.1) is 0 Å². The zero-order chi connectivity index (χ0) is 18.8. The number of carbonyl (C=O) groups is 1. The van der Waals surface area contributed by atoms with Gasteiger partial charge in [0.05, 0.1) is 16.5 Å². The van der Waals surface area contributed by atoms with E-state index in [9.17, 15) is 4.79 Å². The molecule has 9 heteroatoms. The van der Waals surface area contributed by atoms with Crippen molar-refractivity contribution in [2.45, 2.75) is 30.5 Å². The Balaban J connectivity index is 1.41. The summed E-state index contributed by atoms with van der Waals surface area (Å²) < 4.78 is 13.0. The van der Waals surface area contributed by atoms with Crippen LogP contribution in [-0.4, -0.2) is 39.6 Å². The fourth-order valence-electron chi connectivity index (χ4n) is 2.83. The highest BCUT2D eigenvalue weighted by Gasteiger charge is 2.30. The first kappa shape index (κ1) is 18.2. The van der Waals surface area contributed by atoms with E-state index in [0.717, 1.165) is 23.8 Å². The summed E-state index contributed by atoms with van der Waals surface area (Å²) in [6, 6.07) is 3.34. The molecule has 0 bridgehead atoms. The summed E-state index contributed by atoms with van der Waals surface area (Å²) in [6.07, 6.45) is 4.10. The highest BCUT2D eigenvalue weighted by molar-refractivity contribution is 7.99. The molecule has 4 rings (SSSR count). The molecule has 2 aliphatic rings. The number of nitrogens with one attached hydrogen (secondary N) is 1. The van der Waals surface area contributed by atoms with Gasteiger partial charge >= 0.3 is 0 Å². The average Bonchev–Trinajstić information content (AvgIpc) is 3.43. The second kappa shape index (κ2) is 7.82. The Morgan fingerprint density at radius 3 is 2.78 bits per heavy atom. The Morgan fingerprint density at radius 2 is 2.07 bits per heavy atom. The number of anilines is 1. The Kier molecular flexibility index (Phi) is 5.27. The molecular formula is C18H19ClN4O3S. The van der Waals surface area contributed by atoms with Gasteiger partial charge in [0, 0.05) is 24.6 Å². The quantitative estimate of drug-likeness (QED) is 0.560. The van der Waals surface area contributed by atoms with Gasteiger partial charge in [0.15, 0.2) is 16.7 Å². The van der Waals surface area contributed by atoms with Gasteiger partial charge in [-0.15, -0.1) is 16.8 Å². The third-order valence-corrected chi connectivity index (χ3v) is 5.52. The lowest BCUT2D eigenvalue weighted by Crippen LogP contribution is -2.18. The predicted molar refractivity (Wildman–Crippen MR) is 104 cm³/mol. The zero-order valence-electron chi connectivity index (χ0n) is 14.6. The standard InChI is InChI=1S/C18H19ClN4O3S/c1-2-5-23-17(11-3-4-11)21-22-18(23)27-10-16(24)20-13-9-15-14(8-12(13)19)25-6-7-26-15/h2,8-9,11H,1,3-7,10H2,(H,20,24). The molecule has 2 aromatic rings. The molecule has 1 saturated carbocycles. The zero-order valence-corrected chi connectivity index (χ0v) is 16.2. The molecule has 7 nitrogen and oxygen atoms in total. The van der Waals surface area contributed by atoms with Crippen LogP contribution in [0.1, 0.15) is 24.6 Å². The molecule has 0 unspecified atom stereocenters. The third kappa shape index (κ3) is 4.06. The van der Waals surface area contributed by atoms with E-state index in [-0.39, 0.29) is 11.7 Å². The van der Waals surface area contributed by atoms with Crippen molar-refractivity contribution in [1.82, 2.24) is 14.8 Å². The lowest BCUT2D eigenvalue weighted by atomic mass is 10.2. The van der Waals surface area contributed by atoms with Gasteiger partial charge in [0.2, 0.25) is 5.91 Å². The van der Waals surface area contributed by atoms with Crippen LogP contribution >= 0.6 is 23.4 Å². The first-order valence-corrected chi connectivity index (χ1v) is 10.1. The van der Waals surface area contributed by atoms with Crippen LogP contribution in [0.2, 0.25) is 5.02 Å². The van der Waals surface area contributed by atoms with Crippen molar-refractivity contribution in [2.24, 2.45) is 0 Å². The van der Waals surface area contributed by atoms with Crippen LogP contribution in [0.15, 0.2) is 29.9 Å². The normalized spacial score (nSPS) is 15.4. The Morgan fingerprint density at radius 1 is 1.33 bits per heavy atom. The van der Waals surface area contributed by atoms with Crippen LogP contribution in [0.4, 0.5) is 5.69 Å². The minimum atomic E-state index is -0.181. The van der Waals surface area contributed by atoms with Crippen molar-refractivity contribution < 1.29 is 14.3 Å². The molecule has 2 heterocycles. The largest absolute Gasteiger partial charge is 0.486 e. The predicted octanol–water partition coefficient (Wildman–Crippen LogP) is 3.50. The van der Waals surface area contributed by atoms with E-state index in [1.807, 2.05) is 10.6 Å². The van der Waals surface area contributed by atoms with E-state index in [1.54, 1.807) is 12.1 Å². The smallest absolute Gasteiger partial charge is 0.234 e. The molecule has 0 radical (unpaired) electrons. The molecule has 0 spiro atoms. The van der Waals surface area contributed by atoms with Gasteiger partial charge in [0.25, 0.3) is 0 Å². The fourth-order valence-corrected chi connectivity index (χ4v) is 3.78. The summed E-state index contributed by atoms with van der Waals surface area (Å²) >= 11 is 7.58. The highest BCUT2D eigenvalue weighted by atomic mass is 35.5. The van der Waals surface area contributed by atoms with Gasteiger partial charge in [-0.05, 0) is 12.8 Å². The molecule has 27 heavy (non-hydrogen) atoms. The highest BCUT2D eigenvalue weighted by Crippen LogP contribution is 2.40. The number of amides is 1. The van der Waals surface area contributed by atoms with Crippen LogP contribution < -0.4 is 14.8 Å². The van der Waals surface area contributed by atoms with E-state index in [4.69, 9.17) is 21.1 Å². The van der Waals surface area contributed by atoms with Crippen molar-refractivity contribution in [1.29, 1.82) is 0 Å². The minimum Gasteiger partial charge on any atom is -0.486 e. The third-order valence-electron chi connectivity index (χ3n) is 4.24. The molecule has 0 saturated heterocycles. The number of aromatic nitrogens is 3. The van der Waals surface area contributed by atoms with E-state index in [2.05, 4.69) is 22.1 Å². The van der Waals surface area contributed by atoms with E-state index in [1.165, 1.54) is 11.8 Å². The van der Waals surface area contributed by atoms with Crippen LogP contribution in [0.5, 0.6) is 11.5 Å². The minimum absolute atomic E-state index is 0.181. The fraction of sp³-hybridized carbons (Fsp3) is 0.389. The number of halogens is 1. The summed E-state index contributed by atoms with van der Waals surface area (Å²) in [7, 11) is 0. The Labute approximate surface area is 166 Å². The number of hydrogen-bond acceptors (Lipinski definition) is 6. The van der Waals surface area contributed by atoms with Gasteiger partial charge in [-0.25, -0.2) is 0 Å². The van der Waals surface area contributed by atoms with Gasteiger partial charge < -0.3 is 19.4 Å². The van der Waals surface area contributed by atoms with E-state index < -0.39 is 0 Å². The molecular weight excluding hydrogens is 388 g/mol. The van der Waals surface area contributed by atoms with Crippen molar-refractivity contribution in [3.05, 3.63) is 35.6 Å². The first-order valence-electron chi connectivity index (χ1n) is 8.71. The number of hydrogen-bond donors (Lipinski definition) is 1. The maximum atomic E-state index is 12.4. The van der Waals surface area contributed by atoms with E-state index >= 15 is 0 Å². The summed E-state index contributed by atoms with van der Waals surface area (Å²) in [4.78, 5) is 12.4. The summed E-state index contributed by atoms with van der Waals surface area (Å²) in [5.41, 5.74) is 0.498. The van der Waals surface area contributed by atoms with Crippen molar-refractivity contribution in [3.63, 3.8) is 0 Å². The van der Waals surface area contributed by atoms with Crippen molar-refractivity contribution >= 4 is 35.0 Å². The molecule has 1 aromatic carbocycles. The monoisotopic (exact) mass is 406 g/mol. The van der Waals surface area contributed by atoms with Crippen LogP contribution in [0.3, 0.4) is 0 Å². The molecule has 1 aliphatic carbocycles. The number of carbonyl (C=O) groups excluding carboxylic acids is 1. The maximum absolute atomic E-state index is 12.4. The maximum Gasteiger partial charge on any atom is 0.234 e. The SMILES string of the molecule is C=CCn1c(SCC(=O)Nc2cc3c(cc2Cl)OCCO3)nnc1C1CC1. The van der Waals surface area contributed by atoms with Gasteiger partial charge in [-0.3, -0.25) is 4.79 Å². The number of thioether (sulfide) groups is 1. The number of fused-ring (bicyclic) bond motifs is 1. The van der Waals surface area contributed by atoms with Gasteiger partial charge in [0.1, 0.15) is 19.0 Å². The Hall–Kier alpha value is -2.19. The van der Waals surface area contributed by atoms with Crippen molar-refractivity contribution in [2.75, 3.05) is 24.3 Å². The molecule has 0 atom stereocenters. The topological polar surface area (TPSA) is 78.3 Å². The molecule has 1 aliphatic heterocycles. The molecule has 142 valence electrons. The average molecular weight is 407 g/mol. The number of nitrogens with zero attached hydrogens (tertiary/aromatic N) is 3. The molecule has 1 fully saturated rings. The lowest BCUT2D eigenvalue weighted by Gasteiger charge is -2.20. The molecule has 1 N–H and O–H groups in total. The number of allylic oxidation sites excluding steroid dienone is 1. The summed E-state index contributed by atoms with van der Waals surface area (Å²) in [5, 5.41) is 12.5. The molecule has 1 amide bonds. The summed E-state index contributed by atoms with van der Waals surface area (Å²) in [5.74, 6) is 2.65. The second-order valence-corrected chi connectivity index (χ2v) is 7.68. The van der Waals surface area contributed by atoms with Crippen molar-refractivity contribution in [3.8, 4) is 11.5 Å². The second-order valence-electron chi connectivity index (χ2n) is 6.33. The number of benzene rings is 1. The lowest BCUT2D eigenvalue weighted by molar-refractivity contribution is -0.113. The van der Waals surface area contributed by atoms with Gasteiger partial charge in [-0.1, -0.05) is 29.4 Å².